The van der Waals surface area contributed by atoms with Crippen LogP contribution in [0.1, 0.15) is 508 Å². The average molecular weight is 1310 g/mol. The minimum Gasteiger partial charge on any atom is -0.466 e. The lowest BCUT2D eigenvalue weighted by atomic mass is 10.0. The van der Waals surface area contributed by atoms with Crippen molar-refractivity contribution in [1.82, 2.24) is 5.32 Å². The van der Waals surface area contributed by atoms with Crippen molar-refractivity contribution in [3.8, 4) is 0 Å². The fourth-order valence-electron chi connectivity index (χ4n) is 14.2. The van der Waals surface area contributed by atoms with Gasteiger partial charge in [0, 0.05) is 12.8 Å². The SMILES string of the molecule is CCCCCCCCCCCCCCCCCCCCCCCCCCCC(O)C(CO)NC(=O)CCCCCCCCCCCCCCCCCCC/C=C\CCCCCCCCCCCCCCCCCCOC(=O)CCCCCCCCCCCCCCCC. The van der Waals surface area contributed by atoms with Crippen molar-refractivity contribution in [2.24, 2.45) is 0 Å². The van der Waals surface area contributed by atoms with Crippen LogP contribution in [0.15, 0.2) is 12.2 Å². The fraction of sp³-hybridized carbons (Fsp3) is 0.954. The molecule has 0 aromatic heterocycles. The van der Waals surface area contributed by atoms with Crippen LogP contribution in [0.4, 0.5) is 0 Å². The number of carbonyl (C=O) groups excluding carboxylic acids is 2. The van der Waals surface area contributed by atoms with Gasteiger partial charge in [0.1, 0.15) is 0 Å². The smallest absolute Gasteiger partial charge is 0.305 e. The second kappa shape index (κ2) is 83.0. The van der Waals surface area contributed by atoms with Crippen molar-refractivity contribution in [3.63, 3.8) is 0 Å². The summed E-state index contributed by atoms with van der Waals surface area (Å²) in [5, 5.41) is 23.5. The molecule has 0 saturated carbocycles. The molecule has 1 amide bonds. The third kappa shape index (κ3) is 79.5. The van der Waals surface area contributed by atoms with Crippen LogP contribution in [0.3, 0.4) is 0 Å². The van der Waals surface area contributed by atoms with Crippen molar-refractivity contribution in [1.29, 1.82) is 0 Å². The first-order chi connectivity index (χ1) is 46.0. The Labute approximate surface area is 584 Å². The molecule has 3 N–H and O–H groups in total. The Hall–Kier alpha value is -1.40. The minimum atomic E-state index is -0.663. The summed E-state index contributed by atoms with van der Waals surface area (Å²) in [6, 6.07) is -0.539. The molecule has 0 aliphatic heterocycles. The lowest BCUT2D eigenvalue weighted by Gasteiger charge is -2.22. The normalized spacial score (nSPS) is 12.4. The second-order valence-corrected chi connectivity index (χ2v) is 30.2. The number of allylic oxidation sites excluding steroid dienone is 2. The Kier molecular flexibility index (Phi) is 81.8. The molecule has 6 nitrogen and oxygen atoms in total. The lowest BCUT2D eigenvalue weighted by Crippen LogP contribution is -2.45. The maximum absolute atomic E-state index is 12.6. The number of hydrogen-bond acceptors (Lipinski definition) is 5. The largest absolute Gasteiger partial charge is 0.466 e. The van der Waals surface area contributed by atoms with Gasteiger partial charge in [0.2, 0.25) is 5.91 Å². The summed E-state index contributed by atoms with van der Waals surface area (Å²) < 4.78 is 5.51. The highest BCUT2D eigenvalue weighted by Gasteiger charge is 2.20. The van der Waals surface area contributed by atoms with Gasteiger partial charge in [-0.05, 0) is 51.4 Å². The number of hydrogen-bond donors (Lipinski definition) is 3. The molecule has 0 spiro atoms. The fourth-order valence-corrected chi connectivity index (χ4v) is 14.2. The van der Waals surface area contributed by atoms with Gasteiger partial charge in [-0.15, -0.1) is 0 Å². The zero-order chi connectivity index (χ0) is 67.0. The van der Waals surface area contributed by atoms with E-state index in [4.69, 9.17) is 4.74 Å². The van der Waals surface area contributed by atoms with Crippen molar-refractivity contribution in [2.45, 2.75) is 520 Å². The molecule has 0 radical (unpaired) electrons. The van der Waals surface area contributed by atoms with Gasteiger partial charge in [0.15, 0.2) is 0 Å². The molecule has 2 unspecified atom stereocenters. The molecule has 2 atom stereocenters. The van der Waals surface area contributed by atoms with E-state index in [-0.39, 0.29) is 18.5 Å². The molecule has 0 fully saturated rings. The van der Waals surface area contributed by atoms with Crippen LogP contribution in [-0.4, -0.2) is 47.4 Å². The van der Waals surface area contributed by atoms with Gasteiger partial charge in [0.05, 0.1) is 25.4 Å². The monoisotopic (exact) mass is 1310 g/mol. The molecule has 0 rings (SSSR count). The van der Waals surface area contributed by atoms with E-state index in [1.54, 1.807) is 0 Å². The van der Waals surface area contributed by atoms with E-state index in [2.05, 4.69) is 31.3 Å². The number of carbonyl (C=O) groups is 2. The van der Waals surface area contributed by atoms with Gasteiger partial charge >= 0.3 is 5.97 Å². The summed E-state index contributed by atoms with van der Waals surface area (Å²) in [5.41, 5.74) is 0. The number of amides is 1. The molecular weight excluding hydrogens is 1140 g/mol. The summed E-state index contributed by atoms with van der Waals surface area (Å²) >= 11 is 0. The van der Waals surface area contributed by atoms with Gasteiger partial charge in [-0.25, -0.2) is 0 Å². The van der Waals surface area contributed by atoms with E-state index in [0.29, 0.717) is 25.9 Å². The molecule has 554 valence electrons. The van der Waals surface area contributed by atoms with Crippen molar-refractivity contribution >= 4 is 11.9 Å². The summed E-state index contributed by atoms with van der Waals surface area (Å²) in [6.07, 6.45) is 106. The average Bonchev–Trinajstić information content (AvgIpc) is 3.75. The maximum atomic E-state index is 12.6. The zero-order valence-corrected chi connectivity index (χ0v) is 63.8. The number of aliphatic hydroxyl groups is 2. The summed E-state index contributed by atoms with van der Waals surface area (Å²) in [4.78, 5) is 24.7. The topological polar surface area (TPSA) is 95.9 Å². The highest BCUT2D eigenvalue weighted by molar-refractivity contribution is 5.76. The van der Waals surface area contributed by atoms with E-state index >= 15 is 0 Å². The number of nitrogens with one attached hydrogen (secondary N) is 1. The summed E-state index contributed by atoms with van der Waals surface area (Å²) in [6.45, 7) is 5.02. The highest BCUT2D eigenvalue weighted by Crippen LogP contribution is 2.21. The van der Waals surface area contributed by atoms with Gasteiger partial charge in [-0.3, -0.25) is 9.59 Å². The van der Waals surface area contributed by atoms with Crippen LogP contribution in [0.25, 0.3) is 0 Å². The summed E-state index contributed by atoms with van der Waals surface area (Å²) in [5.74, 6) is 0.000986. The van der Waals surface area contributed by atoms with E-state index in [1.807, 2.05) is 0 Å². The van der Waals surface area contributed by atoms with Crippen LogP contribution < -0.4 is 5.32 Å². The lowest BCUT2D eigenvalue weighted by molar-refractivity contribution is -0.143. The van der Waals surface area contributed by atoms with Crippen molar-refractivity contribution in [3.05, 3.63) is 12.2 Å². The first kappa shape index (κ1) is 91.6. The number of unbranched alkanes of at least 4 members (excludes halogenated alkanes) is 70. The molecule has 0 saturated heterocycles. The quantitative estimate of drug-likeness (QED) is 0.0320. The first-order valence-electron chi connectivity index (χ1n) is 43.4. The third-order valence-electron chi connectivity index (χ3n) is 20.8. The standard InChI is InChI=1S/C87H171NO5/c1-3-5-7-9-11-13-15-17-19-20-21-22-23-37-40-43-46-49-52-55-59-63-67-71-75-79-85(90)84(83-89)88-86(91)80-76-72-68-64-60-56-53-50-47-44-41-38-35-33-31-29-27-25-24-26-28-30-32-34-36-39-42-45-48-51-54-58-62-66-70-74-78-82-93-87(92)81-77-73-69-65-61-57-18-16-14-12-10-8-6-4-2/h24,26,84-85,89-90H,3-23,25,27-83H2,1-2H3,(H,88,91)/b26-24-. The van der Waals surface area contributed by atoms with Gasteiger partial charge in [0.25, 0.3) is 0 Å². The molecule has 0 heterocycles. The van der Waals surface area contributed by atoms with E-state index < -0.39 is 12.1 Å². The van der Waals surface area contributed by atoms with E-state index in [1.165, 1.54) is 437 Å². The molecule has 6 heteroatoms. The molecule has 0 aliphatic carbocycles. The molecule has 93 heavy (non-hydrogen) atoms. The number of rotatable bonds is 83. The van der Waals surface area contributed by atoms with Crippen LogP contribution >= 0.6 is 0 Å². The number of esters is 1. The van der Waals surface area contributed by atoms with E-state index in [9.17, 15) is 19.8 Å². The van der Waals surface area contributed by atoms with Crippen molar-refractivity contribution < 1.29 is 24.5 Å². The van der Waals surface area contributed by atoms with Crippen LogP contribution in [-0.2, 0) is 14.3 Å². The van der Waals surface area contributed by atoms with Crippen LogP contribution in [0, 0.1) is 0 Å². The Morgan fingerprint density at radius 3 is 0.763 bits per heavy atom. The van der Waals surface area contributed by atoms with Gasteiger partial charge < -0.3 is 20.3 Å². The van der Waals surface area contributed by atoms with Crippen LogP contribution in [0.2, 0.25) is 0 Å². The zero-order valence-electron chi connectivity index (χ0n) is 63.8. The van der Waals surface area contributed by atoms with Crippen molar-refractivity contribution in [2.75, 3.05) is 13.2 Å². The van der Waals surface area contributed by atoms with Crippen LogP contribution in [0.5, 0.6) is 0 Å². The van der Waals surface area contributed by atoms with Gasteiger partial charge in [-0.1, -0.05) is 456 Å². The molecule has 0 aromatic carbocycles. The minimum absolute atomic E-state index is 0.0241. The predicted molar refractivity (Wildman–Crippen MR) is 412 cm³/mol. The second-order valence-electron chi connectivity index (χ2n) is 30.2. The summed E-state index contributed by atoms with van der Waals surface area (Å²) in [7, 11) is 0. The highest BCUT2D eigenvalue weighted by atomic mass is 16.5. The Balaban J connectivity index is 3.33. The third-order valence-corrected chi connectivity index (χ3v) is 20.8. The van der Waals surface area contributed by atoms with Gasteiger partial charge in [-0.2, -0.15) is 0 Å². The van der Waals surface area contributed by atoms with E-state index in [0.717, 1.165) is 38.5 Å². The number of aliphatic hydroxyl groups excluding tert-OH is 2. The molecule has 0 aliphatic rings. The Bertz CT molecular complexity index is 1420. The molecule has 0 bridgehead atoms. The molecule has 0 aromatic rings. The Morgan fingerprint density at radius 2 is 0.505 bits per heavy atom. The predicted octanol–water partition coefficient (Wildman–Crippen LogP) is 29.0. The molecular formula is C87H171NO5. The maximum Gasteiger partial charge on any atom is 0.305 e. The number of ether oxygens (including phenoxy) is 1. The first-order valence-corrected chi connectivity index (χ1v) is 43.4. The Morgan fingerprint density at radius 1 is 0.290 bits per heavy atom.